The van der Waals surface area contributed by atoms with Gasteiger partial charge in [0.05, 0.1) is 0 Å². The van der Waals surface area contributed by atoms with E-state index in [2.05, 4.69) is 62.3 Å². The first kappa shape index (κ1) is 29.5. The smallest absolute Gasteiger partial charge is 0.414 e. The zero-order valence-electron chi connectivity index (χ0n) is 24.8. The van der Waals surface area contributed by atoms with Crippen molar-refractivity contribution in [2.24, 2.45) is 23.7 Å². The van der Waals surface area contributed by atoms with E-state index in [1.807, 2.05) is 11.1 Å². The highest BCUT2D eigenvalue weighted by Gasteiger charge is 2.51. The van der Waals surface area contributed by atoms with Crippen molar-refractivity contribution in [1.82, 2.24) is 4.90 Å². The predicted octanol–water partition coefficient (Wildman–Crippen LogP) is 8.91. The molecule has 0 saturated heterocycles. The van der Waals surface area contributed by atoms with Crippen LogP contribution in [0.3, 0.4) is 0 Å². The summed E-state index contributed by atoms with van der Waals surface area (Å²) in [4.78, 5) is 29.9. The first-order chi connectivity index (χ1) is 16.9. The van der Waals surface area contributed by atoms with Gasteiger partial charge in [0, 0.05) is 18.7 Å². The van der Waals surface area contributed by atoms with Crippen molar-refractivity contribution in [3.8, 4) is 0 Å². The van der Waals surface area contributed by atoms with Crippen LogP contribution in [-0.2, 0) is 9.53 Å². The molecule has 1 aliphatic heterocycles. The van der Waals surface area contributed by atoms with Crippen LogP contribution < -0.4 is 0 Å². The number of ether oxygens (including phenoxy) is 1. The number of ketones is 1. The van der Waals surface area contributed by atoms with Crippen LogP contribution in [0, 0.1) is 23.7 Å². The van der Waals surface area contributed by atoms with Crippen LogP contribution in [0.15, 0.2) is 11.4 Å². The SMILES string of the molecule is CC(C)[C@@H]1CC[C@@H](C)C[C@H]1OC(=O)N1C=C([Si](C(C)C)(C(C)C)C(C)C)C(=O)C[C@@H]1C1CCCCC1. The number of carbonyl (C=O) groups is 2. The highest BCUT2D eigenvalue weighted by Crippen LogP contribution is 2.49. The molecule has 206 valence electrons. The molecule has 2 saturated carbocycles. The normalized spacial score (nSPS) is 28.9. The van der Waals surface area contributed by atoms with Gasteiger partial charge in [0.15, 0.2) is 5.78 Å². The largest absolute Gasteiger partial charge is 0.446 e. The Kier molecular flexibility index (Phi) is 9.96. The minimum absolute atomic E-state index is 0.0231. The highest BCUT2D eigenvalue weighted by molar-refractivity contribution is 6.93. The van der Waals surface area contributed by atoms with E-state index in [1.165, 1.54) is 25.7 Å². The van der Waals surface area contributed by atoms with Gasteiger partial charge >= 0.3 is 6.09 Å². The third kappa shape index (κ3) is 5.81. The molecule has 0 N–H and O–H groups in total. The van der Waals surface area contributed by atoms with Gasteiger partial charge in [0.25, 0.3) is 0 Å². The molecule has 0 aromatic carbocycles. The monoisotopic (exact) mass is 517 g/mol. The van der Waals surface area contributed by atoms with Crippen molar-refractivity contribution >= 4 is 20.0 Å². The van der Waals surface area contributed by atoms with Gasteiger partial charge in [0.1, 0.15) is 14.2 Å². The molecule has 4 atom stereocenters. The summed E-state index contributed by atoms with van der Waals surface area (Å²) in [6.45, 7) is 20.6. The summed E-state index contributed by atoms with van der Waals surface area (Å²) < 4.78 is 6.42. The molecule has 1 amide bonds. The zero-order valence-corrected chi connectivity index (χ0v) is 25.8. The number of allylic oxidation sites excluding steroid dienone is 1. The fourth-order valence-electron chi connectivity index (χ4n) is 8.53. The molecule has 0 radical (unpaired) electrons. The Morgan fingerprint density at radius 2 is 1.50 bits per heavy atom. The average molecular weight is 518 g/mol. The summed E-state index contributed by atoms with van der Waals surface area (Å²) in [6.07, 6.45) is 11.5. The van der Waals surface area contributed by atoms with E-state index < -0.39 is 8.07 Å². The Balaban J connectivity index is 2.02. The van der Waals surface area contributed by atoms with Crippen LogP contribution in [-0.4, -0.2) is 37.0 Å². The Labute approximate surface area is 223 Å². The standard InChI is InChI=1S/C31H55NO3Si/c1-20(2)26-16-15-24(9)17-29(26)35-31(34)32-19-30(36(21(3)4,22(5)6)23(7)8)28(33)18-27(32)25-13-11-10-12-14-25/h19-27,29H,10-18H2,1-9H3/t24-,26+,27-,29-/m1/s1. The maximum atomic E-state index is 14.0. The van der Waals surface area contributed by atoms with Crippen LogP contribution in [0.5, 0.6) is 0 Å². The lowest BCUT2D eigenvalue weighted by Crippen LogP contribution is -2.55. The number of Topliss-reactive ketones (excluding diaryl/α,β-unsaturated/α-hetero) is 1. The summed E-state index contributed by atoms with van der Waals surface area (Å²) >= 11 is 0. The van der Waals surface area contributed by atoms with Crippen molar-refractivity contribution in [3.05, 3.63) is 11.4 Å². The molecule has 3 rings (SSSR count). The number of hydrogen-bond donors (Lipinski definition) is 0. The summed E-state index contributed by atoms with van der Waals surface area (Å²) in [5, 5.41) is 0.990. The van der Waals surface area contributed by atoms with E-state index >= 15 is 0 Å². The molecule has 3 aliphatic rings. The van der Waals surface area contributed by atoms with Crippen molar-refractivity contribution in [3.63, 3.8) is 0 Å². The highest BCUT2D eigenvalue weighted by atomic mass is 28.3. The van der Waals surface area contributed by atoms with Gasteiger partial charge in [0.2, 0.25) is 0 Å². The number of amides is 1. The van der Waals surface area contributed by atoms with E-state index in [0.717, 1.165) is 30.9 Å². The minimum Gasteiger partial charge on any atom is -0.446 e. The molecular weight excluding hydrogens is 462 g/mol. The maximum absolute atomic E-state index is 14.0. The second kappa shape index (κ2) is 12.2. The maximum Gasteiger partial charge on any atom is 0.414 e. The van der Waals surface area contributed by atoms with Gasteiger partial charge in [-0.2, -0.15) is 0 Å². The third-order valence-corrected chi connectivity index (χ3v) is 17.3. The zero-order chi connectivity index (χ0) is 26.8. The Morgan fingerprint density at radius 1 is 0.917 bits per heavy atom. The molecule has 0 aromatic heterocycles. The summed E-state index contributed by atoms with van der Waals surface area (Å²) in [7, 11) is -2.19. The quantitative estimate of drug-likeness (QED) is 0.317. The van der Waals surface area contributed by atoms with Crippen molar-refractivity contribution < 1.29 is 14.3 Å². The van der Waals surface area contributed by atoms with E-state index in [0.29, 0.717) is 52.5 Å². The molecule has 2 fully saturated rings. The van der Waals surface area contributed by atoms with Gasteiger partial charge in [-0.15, -0.1) is 0 Å². The lowest BCUT2D eigenvalue weighted by Gasteiger charge is -2.48. The summed E-state index contributed by atoms with van der Waals surface area (Å²) in [5.41, 5.74) is 1.30. The Hall–Kier alpha value is -1.10. The van der Waals surface area contributed by atoms with Gasteiger partial charge in [-0.25, -0.2) is 4.79 Å². The molecule has 36 heavy (non-hydrogen) atoms. The van der Waals surface area contributed by atoms with Gasteiger partial charge in [-0.3, -0.25) is 9.69 Å². The van der Waals surface area contributed by atoms with Crippen LogP contribution >= 0.6 is 0 Å². The number of nitrogens with zero attached hydrogens (tertiary/aromatic N) is 1. The Morgan fingerprint density at radius 3 is 2.03 bits per heavy atom. The lowest BCUT2D eigenvalue weighted by atomic mass is 9.75. The molecule has 0 aromatic rings. The first-order valence-corrected chi connectivity index (χ1v) is 17.4. The van der Waals surface area contributed by atoms with Gasteiger partial charge in [-0.1, -0.05) is 88.0 Å². The van der Waals surface area contributed by atoms with E-state index in [9.17, 15) is 9.59 Å². The number of carbonyl (C=O) groups excluding carboxylic acids is 2. The van der Waals surface area contributed by atoms with Crippen LogP contribution in [0.4, 0.5) is 4.79 Å². The topological polar surface area (TPSA) is 46.6 Å². The fourth-order valence-corrected chi connectivity index (χ4v) is 15.3. The Bertz CT molecular complexity index is 774. The van der Waals surface area contributed by atoms with Crippen LogP contribution in [0.1, 0.15) is 120 Å². The predicted molar refractivity (Wildman–Crippen MR) is 153 cm³/mol. The second-order valence-corrected chi connectivity index (χ2v) is 19.6. The van der Waals surface area contributed by atoms with Crippen LogP contribution in [0.2, 0.25) is 16.6 Å². The van der Waals surface area contributed by atoms with Crippen molar-refractivity contribution in [1.29, 1.82) is 0 Å². The molecule has 2 aliphatic carbocycles. The van der Waals surface area contributed by atoms with Gasteiger partial charge < -0.3 is 4.74 Å². The van der Waals surface area contributed by atoms with E-state index in [4.69, 9.17) is 4.74 Å². The average Bonchev–Trinajstić information content (AvgIpc) is 2.80. The molecule has 1 heterocycles. The minimum atomic E-state index is -2.19. The fraction of sp³-hybridized carbons (Fsp3) is 0.871. The molecule has 5 heteroatoms. The van der Waals surface area contributed by atoms with Crippen molar-refractivity contribution in [2.75, 3.05) is 0 Å². The molecular formula is C31H55NO3Si. The summed E-state index contributed by atoms with van der Waals surface area (Å²) in [5.74, 6) is 2.21. The van der Waals surface area contributed by atoms with Crippen LogP contribution in [0.25, 0.3) is 0 Å². The lowest BCUT2D eigenvalue weighted by molar-refractivity contribution is -0.117. The first-order valence-electron chi connectivity index (χ1n) is 15.2. The van der Waals surface area contributed by atoms with Gasteiger partial charge in [-0.05, 0) is 71.2 Å². The van der Waals surface area contributed by atoms with E-state index in [1.54, 1.807) is 0 Å². The number of hydrogen-bond acceptors (Lipinski definition) is 3. The second-order valence-electron chi connectivity index (χ2n) is 13.7. The molecule has 4 nitrogen and oxygen atoms in total. The molecule has 0 unspecified atom stereocenters. The molecule has 0 bridgehead atoms. The van der Waals surface area contributed by atoms with E-state index in [-0.39, 0.29) is 18.2 Å². The number of rotatable bonds is 7. The third-order valence-electron chi connectivity index (χ3n) is 10.3. The van der Waals surface area contributed by atoms with Crippen molar-refractivity contribution in [2.45, 2.75) is 149 Å². The molecule has 0 spiro atoms. The summed E-state index contributed by atoms with van der Waals surface area (Å²) in [6, 6.07) is -0.0502.